The van der Waals surface area contributed by atoms with Gasteiger partial charge in [0.15, 0.2) is 0 Å². The van der Waals surface area contributed by atoms with Crippen LogP contribution in [0.15, 0.2) is 24.3 Å². The van der Waals surface area contributed by atoms with Crippen molar-refractivity contribution in [2.75, 3.05) is 18.0 Å². The molecule has 1 fully saturated rings. The lowest BCUT2D eigenvalue weighted by atomic mass is 10.2. The summed E-state index contributed by atoms with van der Waals surface area (Å²) in [6.07, 6.45) is 5.52. The van der Waals surface area contributed by atoms with Gasteiger partial charge in [0.2, 0.25) is 0 Å². The smallest absolute Gasteiger partial charge is 0.0395 e. The molecular weight excluding hydrogens is 170 g/mol. The highest BCUT2D eigenvalue weighted by Crippen LogP contribution is 2.22. The predicted molar refractivity (Wildman–Crippen MR) is 61.9 cm³/mol. The number of hydrogen-bond donors (Lipinski definition) is 0. The number of hydrogen-bond acceptors (Lipinski definition) is 1. The van der Waals surface area contributed by atoms with Gasteiger partial charge in [-0.25, -0.2) is 0 Å². The molecule has 1 heterocycles. The van der Waals surface area contributed by atoms with Gasteiger partial charge in [-0.3, -0.25) is 0 Å². The zero-order chi connectivity index (χ0) is 9.80. The molecule has 1 aliphatic rings. The standard InChI is InChI=1S/C13H19N/c1-12-8-4-5-9-13(12)14-10-6-2-3-7-11-14/h4-5,8-9H,2-3,6-7,10-11H2,1H3. The summed E-state index contributed by atoms with van der Waals surface area (Å²) < 4.78 is 0. The Bertz CT molecular complexity index is 285. The average Bonchev–Trinajstić information content (AvgIpc) is 2.47. The van der Waals surface area contributed by atoms with E-state index in [1.165, 1.54) is 50.0 Å². The molecule has 2 rings (SSSR count). The van der Waals surface area contributed by atoms with Crippen LogP contribution >= 0.6 is 0 Å². The van der Waals surface area contributed by atoms with Crippen LogP contribution in [0.3, 0.4) is 0 Å². The second-order valence-electron chi connectivity index (χ2n) is 4.19. The molecule has 0 bridgehead atoms. The minimum absolute atomic E-state index is 1.24. The van der Waals surface area contributed by atoms with Crippen molar-refractivity contribution in [3.05, 3.63) is 29.8 Å². The summed E-state index contributed by atoms with van der Waals surface area (Å²) in [6, 6.07) is 8.73. The molecule has 0 amide bonds. The van der Waals surface area contributed by atoms with E-state index in [4.69, 9.17) is 0 Å². The molecule has 1 aromatic carbocycles. The lowest BCUT2D eigenvalue weighted by molar-refractivity contribution is 0.726. The SMILES string of the molecule is Cc1ccccc1N1CCCCCC1. The molecule has 0 spiro atoms. The minimum atomic E-state index is 1.24. The molecule has 1 aliphatic heterocycles. The zero-order valence-corrected chi connectivity index (χ0v) is 9.00. The molecule has 1 saturated heterocycles. The molecule has 0 saturated carbocycles. The van der Waals surface area contributed by atoms with E-state index in [1.807, 2.05) is 0 Å². The maximum absolute atomic E-state index is 2.54. The summed E-state index contributed by atoms with van der Waals surface area (Å²) in [5.41, 5.74) is 2.85. The second kappa shape index (κ2) is 4.50. The van der Waals surface area contributed by atoms with Gasteiger partial charge in [-0.1, -0.05) is 31.0 Å². The van der Waals surface area contributed by atoms with E-state index in [9.17, 15) is 0 Å². The van der Waals surface area contributed by atoms with Gasteiger partial charge in [0, 0.05) is 18.8 Å². The largest absolute Gasteiger partial charge is 0.371 e. The summed E-state index contributed by atoms with van der Waals surface area (Å²) in [7, 11) is 0. The summed E-state index contributed by atoms with van der Waals surface area (Å²) in [5, 5.41) is 0. The van der Waals surface area contributed by atoms with Gasteiger partial charge in [-0.2, -0.15) is 0 Å². The fourth-order valence-corrected chi connectivity index (χ4v) is 2.23. The Morgan fingerprint density at radius 1 is 0.929 bits per heavy atom. The van der Waals surface area contributed by atoms with E-state index >= 15 is 0 Å². The lowest BCUT2D eigenvalue weighted by Crippen LogP contribution is -2.24. The van der Waals surface area contributed by atoms with E-state index < -0.39 is 0 Å². The van der Waals surface area contributed by atoms with Gasteiger partial charge < -0.3 is 4.90 Å². The van der Waals surface area contributed by atoms with Crippen LogP contribution in [0, 0.1) is 6.92 Å². The number of para-hydroxylation sites is 1. The summed E-state index contributed by atoms with van der Waals surface area (Å²) >= 11 is 0. The average molecular weight is 189 g/mol. The third-order valence-electron chi connectivity index (χ3n) is 3.06. The molecule has 1 nitrogen and oxygen atoms in total. The predicted octanol–water partition coefficient (Wildman–Crippen LogP) is 3.38. The number of aryl methyl sites for hydroxylation is 1. The van der Waals surface area contributed by atoms with Crippen LogP contribution in [0.25, 0.3) is 0 Å². The fraction of sp³-hybridized carbons (Fsp3) is 0.538. The van der Waals surface area contributed by atoms with Crippen molar-refractivity contribution < 1.29 is 0 Å². The van der Waals surface area contributed by atoms with Crippen LogP contribution in [0.1, 0.15) is 31.2 Å². The number of anilines is 1. The van der Waals surface area contributed by atoms with Crippen molar-refractivity contribution in [1.29, 1.82) is 0 Å². The Morgan fingerprint density at radius 3 is 2.21 bits per heavy atom. The fourth-order valence-electron chi connectivity index (χ4n) is 2.23. The Labute approximate surface area is 86.7 Å². The topological polar surface area (TPSA) is 3.24 Å². The first-order chi connectivity index (χ1) is 6.88. The Balaban J connectivity index is 2.16. The molecule has 0 aromatic heterocycles. The highest BCUT2D eigenvalue weighted by atomic mass is 15.1. The summed E-state index contributed by atoms with van der Waals surface area (Å²) in [6.45, 7) is 4.69. The van der Waals surface area contributed by atoms with Crippen LogP contribution in [0.5, 0.6) is 0 Å². The third kappa shape index (κ3) is 2.09. The summed E-state index contributed by atoms with van der Waals surface area (Å²) in [4.78, 5) is 2.54. The van der Waals surface area contributed by atoms with E-state index in [0.29, 0.717) is 0 Å². The van der Waals surface area contributed by atoms with Crippen molar-refractivity contribution in [1.82, 2.24) is 0 Å². The van der Waals surface area contributed by atoms with E-state index in [2.05, 4.69) is 36.1 Å². The number of benzene rings is 1. The molecule has 0 radical (unpaired) electrons. The zero-order valence-electron chi connectivity index (χ0n) is 9.00. The first-order valence-corrected chi connectivity index (χ1v) is 5.68. The van der Waals surface area contributed by atoms with Gasteiger partial charge in [0.25, 0.3) is 0 Å². The number of rotatable bonds is 1. The van der Waals surface area contributed by atoms with E-state index in [1.54, 1.807) is 0 Å². The van der Waals surface area contributed by atoms with Crippen LogP contribution in [-0.4, -0.2) is 13.1 Å². The van der Waals surface area contributed by atoms with Crippen molar-refractivity contribution in [2.24, 2.45) is 0 Å². The van der Waals surface area contributed by atoms with Gasteiger partial charge in [0.05, 0.1) is 0 Å². The quantitative estimate of drug-likeness (QED) is 0.654. The normalized spacial score (nSPS) is 17.9. The molecule has 0 atom stereocenters. The molecule has 14 heavy (non-hydrogen) atoms. The molecule has 76 valence electrons. The molecule has 1 heteroatoms. The first-order valence-electron chi connectivity index (χ1n) is 5.68. The molecular formula is C13H19N. The van der Waals surface area contributed by atoms with E-state index in [0.717, 1.165) is 0 Å². The maximum Gasteiger partial charge on any atom is 0.0395 e. The van der Waals surface area contributed by atoms with Crippen LogP contribution in [0.2, 0.25) is 0 Å². The maximum atomic E-state index is 2.54. The molecule has 1 aromatic rings. The first kappa shape index (κ1) is 9.57. The van der Waals surface area contributed by atoms with Crippen molar-refractivity contribution in [3.8, 4) is 0 Å². The Kier molecular flexibility index (Phi) is 3.07. The second-order valence-corrected chi connectivity index (χ2v) is 4.19. The number of nitrogens with zero attached hydrogens (tertiary/aromatic N) is 1. The molecule has 0 aliphatic carbocycles. The van der Waals surface area contributed by atoms with Gasteiger partial charge >= 0.3 is 0 Å². The highest BCUT2D eigenvalue weighted by Gasteiger charge is 2.10. The van der Waals surface area contributed by atoms with Gasteiger partial charge in [-0.05, 0) is 31.4 Å². The summed E-state index contributed by atoms with van der Waals surface area (Å²) in [5.74, 6) is 0. The van der Waals surface area contributed by atoms with Crippen LogP contribution < -0.4 is 4.90 Å². The molecule has 0 unspecified atom stereocenters. The molecule has 0 N–H and O–H groups in total. The van der Waals surface area contributed by atoms with Gasteiger partial charge in [-0.15, -0.1) is 0 Å². The van der Waals surface area contributed by atoms with Gasteiger partial charge in [0.1, 0.15) is 0 Å². The van der Waals surface area contributed by atoms with Crippen molar-refractivity contribution in [3.63, 3.8) is 0 Å². The highest BCUT2D eigenvalue weighted by molar-refractivity contribution is 5.52. The monoisotopic (exact) mass is 189 g/mol. The van der Waals surface area contributed by atoms with E-state index in [-0.39, 0.29) is 0 Å². The van der Waals surface area contributed by atoms with Crippen molar-refractivity contribution in [2.45, 2.75) is 32.6 Å². The van der Waals surface area contributed by atoms with Crippen LogP contribution in [-0.2, 0) is 0 Å². The minimum Gasteiger partial charge on any atom is -0.371 e. The Hall–Kier alpha value is -0.980. The Morgan fingerprint density at radius 2 is 1.57 bits per heavy atom. The van der Waals surface area contributed by atoms with Crippen LogP contribution in [0.4, 0.5) is 5.69 Å². The third-order valence-corrected chi connectivity index (χ3v) is 3.06. The van der Waals surface area contributed by atoms with Crippen molar-refractivity contribution >= 4 is 5.69 Å². The lowest BCUT2D eigenvalue weighted by Gasteiger charge is -2.24.